The van der Waals surface area contributed by atoms with Gasteiger partial charge in [-0.3, -0.25) is 4.98 Å². The summed E-state index contributed by atoms with van der Waals surface area (Å²) < 4.78 is 2.19. The first-order valence-corrected chi connectivity index (χ1v) is 5.86. The van der Waals surface area contributed by atoms with Crippen molar-refractivity contribution in [3.63, 3.8) is 0 Å². The zero-order valence-corrected chi connectivity index (χ0v) is 10.3. The Bertz CT molecular complexity index is 449. The van der Waals surface area contributed by atoms with Gasteiger partial charge in [0.1, 0.15) is 0 Å². The van der Waals surface area contributed by atoms with E-state index in [9.17, 15) is 0 Å². The summed E-state index contributed by atoms with van der Waals surface area (Å²) in [5.41, 5.74) is 2.31. The molecule has 4 nitrogen and oxygen atoms in total. The Morgan fingerprint density at radius 2 is 2.06 bits per heavy atom. The molecular weight excluding hydrogens is 212 g/mol. The molecule has 0 fully saturated rings. The molecule has 2 aromatic heterocycles. The lowest BCUT2D eigenvalue weighted by molar-refractivity contribution is 0.464. The Morgan fingerprint density at radius 3 is 2.76 bits per heavy atom. The van der Waals surface area contributed by atoms with Crippen molar-refractivity contribution in [3.8, 4) is 11.3 Å². The first-order chi connectivity index (χ1) is 8.31. The van der Waals surface area contributed by atoms with Crippen LogP contribution in [0.3, 0.4) is 0 Å². The van der Waals surface area contributed by atoms with Crippen LogP contribution in [0.2, 0.25) is 0 Å². The highest BCUT2D eigenvalue weighted by Gasteiger charge is 2.07. The molecule has 1 atom stereocenters. The van der Waals surface area contributed by atoms with Gasteiger partial charge in [-0.05, 0) is 31.6 Å². The Hall–Kier alpha value is -1.68. The van der Waals surface area contributed by atoms with E-state index < -0.39 is 0 Å². The number of pyridine rings is 1. The van der Waals surface area contributed by atoms with Crippen molar-refractivity contribution in [2.75, 3.05) is 13.6 Å². The van der Waals surface area contributed by atoms with Crippen molar-refractivity contribution in [1.82, 2.24) is 19.9 Å². The summed E-state index contributed by atoms with van der Waals surface area (Å²) in [6.45, 7) is 4.21. The van der Waals surface area contributed by atoms with E-state index in [1.54, 1.807) is 0 Å². The second kappa shape index (κ2) is 5.59. The molecule has 1 N–H and O–H groups in total. The van der Waals surface area contributed by atoms with E-state index in [4.69, 9.17) is 0 Å². The van der Waals surface area contributed by atoms with E-state index in [1.807, 2.05) is 44.1 Å². The van der Waals surface area contributed by atoms with E-state index in [0.29, 0.717) is 5.92 Å². The fourth-order valence-corrected chi connectivity index (χ4v) is 1.98. The lowest BCUT2D eigenvalue weighted by Gasteiger charge is -2.14. The van der Waals surface area contributed by atoms with E-state index in [1.165, 1.54) is 0 Å². The first-order valence-electron chi connectivity index (χ1n) is 5.86. The van der Waals surface area contributed by atoms with Crippen LogP contribution in [0.1, 0.15) is 6.92 Å². The van der Waals surface area contributed by atoms with Gasteiger partial charge in [-0.15, -0.1) is 0 Å². The van der Waals surface area contributed by atoms with E-state index in [0.717, 1.165) is 24.3 Å². The molecule has 0 saturated carbocycles. The molecule has 4 heteroatoms. The normalized spacial score (nSPS) is 12.6. The van der Waals surface area contributed by atoms with E-state index >= 15 is 0 Å². The summed E-state index contributed by atoms with van der Waals surface area (Å²) >= 11 is 0. The maximum absolute atomic E-state index is 4.23. The predicted octanol–water partition coefficient (Wildman–Crippen LogP) is 1.80. The maximum Gasteiger partial charge on any atom is 0.0951 e. The number of hydrogen-bond acceptors (Lipinski definition) is 3. The molecule has 0 aliphatic carbocycles. The van der Waals surface area contributed by atoms with Crippen molar-refractivity contribution >= 4 is 0 Å². The number of imidazole rings is 1. The highest BCUT2D eigenvalue weighted by atomic mass is 15.0. The largest absolute Gasteiger partial charge is 0.330 e. The first kappa shape index (κ1) is 11.8. The van der Waals surface area contributed by atoms with Crippen molar-refractivity contribution in [2.24, 2.45) is 5.92 Å². The van der Waals surface area contributed by atoms with Gasteiger partial charge in [0.15, 0.2) is 0 Å². The lowest BCUT2D eigenvalue weighted by atomic mass is 10.1. The van der Waals surface area contributed by atoms with Crippen LogP contribution in [0.4, 0.5) is 0 Å². The fraction of sp³-hybridized carbons (Fsp3) is 0.385. The molecule has 0 amide bonds. The molecule has 17 heavy (non-hydrogen) atoms. The van der Waals surface area contributed by atoms with Crippen LogP contribution in [0, 0.1) is 5.92 Å². The number of nitrogens with one attached hydrogen (secondary N) is 1. The van der Waals surface area contributed by atoms with E-state index in [-0.39, 0.29) is 0 Å². The second-order valence-corrected chi connectivity index (χ2v) is 4.33. The molecule has 0 spiro atoms. The minimum Gasteiger partial charge on any atom is -0.330 e. The molecule has 0 saturated heterocycles. The Morgan fingerprint density at radius 1 is 1.29 bits per heavy atom. The highest BCUT2D eigenvalue weighted by Crippen LogP contribution is 2.18. The van der Waals surface area contributed by atoms with Gasteiger partial charge >= 0.3 is 0 Å². The van der Waals surface area contributed by atoms with Crippen LogP contribution in [-0.4, -0.2) is 28.1 Å². The van der Waals surface area contributed by atoms with Crippen LogP contribution >= 0.6 is 0 Å². The SMILES string of the molecule is CNCC(C)Cn1cncc1-c1ccncc1. The van der Waals surface area contributed by atoms with Gasteiger partial charge in [-0.2, -0.15) is 0 Å². The predicted molar refractivity (Wildman–Crippen MR) is 68.5 cm³/mol. The van der Waals surface area contributed by atoms with Crippen LogP contribution < -0.4 is 5.32 Å². The molecule has 1 unspecified atom stereocenters. The molecule has 0 aliphatic rings. The smallest absolute Gasteiger partial charge is 0.0951 e. The van der Waals surface area contributed by atoms with Crippen molar-refractivity contribution in [3.05, 3.63) is 37.1 Å². The van der Waals surface area contributed by atoms with Crippen LogP contribution in [0.25, 0.3) is 11.3 Å². The minimum absolute atomic E-state index is 0.579. The van der Waals surface area contributed by atoms with Gasteiger partial charge in [-0.25, -0.2) is 4.98 Å². The zero-order valence-electron chi connectivity index (χ0n) is 10.3. The molecular formula is C13H18N4. The molecule has 0 aliphatic heterocycles. The van der Waals surface area contributed by atoms with Crippen molar-refractivity contribution in [2.45, 2.75) is 13.5 Å². The topological polar surface area (TPSA) is 42.7 Å². The third-order valence-corrected chi connectivity index (χ3v) is 2.75. The zero-order chi connectivity index (χ0) is 12.1. The molecule has 2 heterocycles. The van der Waals surface area contributed by atoms with Gasteiger partial charge in [0.2, 0.25) is 0 Å². The fourth-order valence-electron chi connectivity index (χ4n) is 1.98. The Labute approximate surface area is 102 Å². The molecule has 0 bridgehead atoms. The average Bonchev–Trinajstić information content (AvgIpc) is 2.78. The van der Waals surface area contributed by atoms with Gasteiger partial charge in [0, 0.05) is 24.5 Å². The van der Waals surface area contributed by atoms with Crippen molar-refractivity contribution < 1.29 is 0 Å². The molecule has 0 radical (unpaired) electrons. The number of nitrogens with zero attached hydrogens (tertiary/aromatic N) is 3. The number of hydrogen-bond donors (Lipinski definition) is 1. The van der Waals surface area contributed by atoms with Crippen molar-refractivity contribution in [1.29, 1.82) is 0 Å². The van der Waals surface area contributed by atoms with Crippen LogP contribution in [0.15, 0.2) is 37.1 Å². The summed E-state index contributed by atoms with van der Waals surface area (Å²) in [5, 5.41) is 3.20. The molecule has 2 rings (SSSR count). The number of rotatable bonds is 5. The molecule has 90 valence electrons. The van der Waals surface area contributed by atoms with Gasteiger partial charge in [0.05, 0.1) is 18.2 Å². The lowest BCUT2D eigenvalue weighted by Crippen LogP contribution is -2.20. The summed E-state index contributed by atoms with van der Waals surface area (Å²) in [5.74, 6) is 0.579. The third-order valence-electron chi connectivity index (χ3n) is 2.75. The van der Waals surface area contributed by atoms with Gasteiger partial charge in [-0.1, -0.05) is 6.92 Å². The summed E-state index contributed by atoms with van der Waals surface area (Å²) in [6, 6.07) is 4.02. The van der Waals surface area contributed by atoms with Crippen LogP contribution in [-0.2, 0) is 6.54 Å². The average molecular weight is 230 g/mol. The highest BCUT2D eigenvalue weighted by molar-refractivity contribution is 5.57. The molecule has 0 aromatic carbocycles. The Kier molecular flexibility index (Phi) is 3.88. The quantitative estimate of drug-likeness (QED) is 0.851. The standard InChI is InChI=1S/C13H18N4/c1-11(7-14-2)9-17-10-16-8-13(17)12-3-5-15-6-4-12/h3-6,8,10-11,14H,7,9H2,1-2H3. The summed E-state index contributed by atoms with van der Waals surface area (Å²) in [6.07, 6.45) is 7.41. The van der Waals surface area contributed by atoms with Crippen LogP contribution in [0.5, 0.6) is 0 Å². The van der Waals surface area contributed by atoms with Gasteiger partial charge < -0.3 is 9.88 Å². The maximum atomic E-state index is 4.23. The second-order valence-electron chi connectivity index (χ2n) is 4.33. The van der Waals surface area contributed by atoms with Gasteiger partial charge in [0.25, 0.3) is 0 Å². The van der Waals surface area contributed by atoms with E-state index in [2.05, 4.69) is 26.8 Å². The summed E-state index contributed by atoms with van der Waals surface area (Å²) in [4.78, 5) is 8.27. The number of aromatic nitrogens is 3. The Balaban J connectivity index is 2.18. The molecule has 2 aromatic rings. The minimum atomic E-state index is 0.579. The summed E-state index contributed by atoms with van der Waals surface area (Å²) in [7, 11) is 1.98. The monoisotopic (exact) mass is 230 g/mol. The third kappa shape index (κ3) is 2.91.